The van der Waals surface area contributed by atoms with Crippen LogP contribution in [0.3, 0.4) is 0 Å². The predicted molar refractivity (Wildman–Crippen MR) is 59.0 cm³/mol. The first-order valence-corrected chi connectivity index (χ1v) is 5.05. The standard InChI is InChI=1S/C9H13N5O2/c1-9(3-2-4-9)13-7-6(14(15)16)5-11-8(10)12-7/h5H,2-4H2,1H3,(H3,10,11,12,13). The number of hydrogen-bond donors (Lipinski definition) is 2. The van der Waals surface area contributed by atoms with Crippen LogP contribution < -0.4 is 11.1 Å². The number of nitrogens with two attached hydrogens (primary N) is 1. The number of hydrogen-bond acceptors (Lipinski definition) is 6. The van der Waals surface area contributed by atoms with Gasteiger partial charge in [0.2, 0.25) is 11.8 Å². The van der Waals surface area contributed by atoms with Gasteiger partial charge >= 0.3 is 5.69 Å². The highest BCUT2D eigenvalue weighted by Gasteiger charge is 2.34. The summed E-state index contributed by atoms with van der Waals surface area (Å²) in [7, 11) is 0. The number of nitro groups is 1. The molecule has 3 N–H and O–H groups in total. The fraction of sp³-hybridized carbons (Fsp3) is 0.556. The highest BCUT2D eigenvalue weighted by atomic mass is 16.6. The summed E-state index contributed by atoms with van der Waals surface area (Å²) >= 11 is 0. The molecule has 0 aliphatic heterocycles. The van der Waals surface area contributed by atoms with E-state index in [1.807, 2.05) is 6.92 Å². The van der Waals surface area contributed by atoms with Crippen molar-refractivity contribution in [3.8, 4) is 0 Å². The summed E-state index contributed by atoms with van der Waals surface area (Å²) in [5.41, 5.74) is 5.18. The molecule has 16 heavy (non-hydrogen) atoms. The van der Waals surface area contributed by atoms with Gasteiger partial charge in [-0.2, -0.15) is 4.98 Å². The molecule has 1 saturated carbocycles. The van der Waals surface area contributed by atoms with E-state index in [1.54, 1.807) is 0 Å². The summed E-state index contributed by atoms with van der Waals surface area (Å²) in [6, 6.07) is 0. The van der Waals surface area contributed by atoms with Crippen LogP contribution in [0.4, 0.5) is 17.5 Å². The van der Waals surface area contributed by atoms with Crippen molar-refractivity contribution in [3.63, 3.8) is 0 Å². The van der Waals surface area contributed by atoms with E-state index in [0.29, 0.717) is 0 Å². The summed E-state index contributed by atoms with van der Waals surface area (Å²) in [5, 5.41) is 13.8. The third-order valence-electron chi connectivity index (χ3n) is 2.86. The summed E-state index contributed by atoms with van der Waals surface area (Å²) in [4.78, 5) is 17.8. The lowest BCUT2D eigenvalue weighted by Gasteiger charge is -2.39. The molecule has 7 nitrogen and oxygen atoms in total. The lowest BCUT2D eigenvalue weighted by molar-refractivity contribution is -0.384. The molecule has 1 fully saturated rings. The molecule has 0 atom stereocenters. The van der Waals surface area contributed by atoms with Gasteiger partial charge in [0, 0.05) is 5.54 Å². The Kier molecular flexibility index (Phi) is 2.37. The van der Waals surface area contributed by atoms with E-state index in [-0.39, 0.29) is 23.0 Å². The van der Waals surface area contributed by atoms with Crippen molar-refractivity contribution in [3.05, 3.63) is 16.3 Å². The molecule has 1 aliphatic rings. The Morgan fingerprint density at radius 3 is 2.81 bits per heavy atom. The van der Waals surface area contributed by atoms with Crippen LogP contribution in [0.15, 0.2) is 6.20 Å². The molecule has 1 aliphatic carbocycles. The number of nitrogen functional groups attached to an aromatic ring is 1. The second-order valence-electron chi connectivity index (χ2n) is 4.26. The van der Waals surface area contributed by atoms with E-state index < -0.39 is 4.92 Å². The fourth-order valence-electron chi connectivity index (χ4n) is 1.73. The molecule has 1 heterocycles. The van der Waals surface area contributed by atoms with Gasteiger partial charge in [0.25, 0.3) is 0 Å². The average Bonchev–Trinajstić information content (AvgIpc) is 2.15. The molecule has 0 radical (unpaired) electrons. The Bertz CT molecular complexity index is 430. The van der Waals surface area contributed by atoms with Crippen LogP contribution in [0.1, 0.15) is 26.2 Å². The van der Waals surface area contributed by atoms with Crippen LogP contribution in [0.25, 0.3) is 0 Å². The highest BCUT2D eigenvalue weighted by Crippen LogP contribution is 2.36. The predicted octanol–water partition coefficient (Wildman–Crippen LogP) is 1.32. The molecule has 0 aromatic carbocycles. The van der Waals surface area contributed by atoms with Crippen LogP contribution >= 0.6 is 0 Å². The van der Waals surface area contributed by atoms with E-state index in [0.717, 1.165) is 25.5 Å². The molecular weight excluding hydrogens is 210 g/mol. The molecule has 86 valence electrons. The van der Waals surface area contributed by atoms with E-state index in [4.69, 9.17) is 5.73 Å². The molecule has 0 bridgehead atoms. The van der Waals surface area contributed by atoms with Crippen LogP contribution in [0.2, 0.25) is 0 Å². The molecule has 1 aromatic rings. The maximum absolute atomic E-state index is 10.8. The largest absolute Gasteiger partial charge is 0.368 e. The van der Waals surface area contributed by atoms with E-state index in [1.165, 1.54) is 0 Å². The molecule has 2 rings (SSSR count). The smallest absolute Gasteiger partial charge is 0.329 e. The van der Waals surface area contributed by atoms with Crippen molar-refractivity contribution in [2.24, 2.45) is 0 Å². The zero-order chi connectivity index (χ0) is 11.8. The Morgan fingerprint density at radius 2 is 2.31 bits per heavy atom. The molecule has 0 amide bonds. The number of anilines is 2. The third-order valence-corrected chi connectivity index (χ3v) is 2.86. The minimum Gasteiger partial charge on any atom is -0.368 e. The Morgan fingerprint density at radius 1 is 1.62 bits per heavy atom. The summed E-state index contributed by atoms with van der Waals surface area (Å²) < 4.78 is 0. The highest BCUT2D eigenvalue weighted by molar-refractivity contribution is 5.57. The number of nitrogens with one attached hydrogen (secondary N) is 1. The Hall–Kier alpha value is -1.92. The minimum absolute atomic E-state index is 0.0380. The molecule has 1 aromatic heterocycles. The van der Waals surface area contributed by atoms with Gasteiger partial charge in [0.1, 0.15) is 6.20 Å². The molecular formula is C9H13N5O2. The van der Waals surface area contributed by atoms with Gasteiger partial charge in [-0.15, -0.1) is 0 Å². The van der Waals surface area contributed by atoms with Gasteiger partial charge in [-0.25, -0.2) is 4.98 Å². The van der Waals surface area contributed by atoms with Gasteiger partial charge in [0.05, 0.1) is 4.92 Å². The maximum atomic E-state index is 10.8. The average molecular weight is 223 g/mol. The van der Waals surface area contributed by atoms with Crippen molar-refractivity contribution in [1.29, 1.82) is 0 Å². The monoisotopic (exact) mass is 223 g/mol. The van der Waals surface area contributed by atoms with Gasteiger partial charge in [-0.3, -0.25) is 10.1 Å². The topological polar surface area (TPSA) is 107 Å². The first-order chi connectivity index (χ1) is 7.50. The third kappa shape index (κ3) is 1.88. The van der Waals surface area contributed by atoms with Crippen LogP contribution in [0.5, 0.6) is 0 Å². The van der Waals surface area contributed by atoms with Gasteiger partial charge in [-0.1, -0.05) is 0 Å². The summed E-state index contributed by atoms with van der Waals surface area (Å²) in [6.07, 6.45) is 4.21. The molecule has 0 saturated heterocycles. The quantitative estimate of drug-likeness (QED) is 0.591. The van der Waals surface area contributed by atoms with E-state index in [9.17, 15) is 10.1 Å². The molecule has 0 spiro atoms. The van der Waals surface area contributed by atoms with Gasteiger partial charge < -0.3 is 11.1 Å². The first kappa shape index (κ1) is 10.6. The Balaban J connectivity index is 2.30. The SMILES string of the molecule is CC1(Nc2nc(N)ncc2[N+](=O)[O-])CCC1. The maximum Gasteiger partial charge on any atom is 0.329 e. The van der Waals surface area contributed by atoms with Crippen molar-refractivity contribution < 1.29 is 4.92 Å². The summed E-state index contributed by atoms with van der Waals surface area (Å²) in [6.45, 7) is 2.01. The second-order valence-corrected chi connectivity index (χ2v) is 4.26. The van der Waals surface area contributed by atoms with Gasteiger partial charge in [-0.05, 0) is 26.2 Å². The second kappa shape index (κ2) is 3.58. The van der Waals surface area contributed by atoms with Crippen molar-refractivity contribution in [1.82, 2.24) is 9.97 Å². The zero-order valence-corrected chi connectivity index (χ0v) is 8.93. The number of rotatable bonds is 3. The van der Waals surface area contributed by atoms with Crippen LogP contribution in [0, 0.1) is 10.1 Å². The Labute approximate surface area is 92.2 Å². The summed E-state index contributed by atoms with van der Waals surface area (Å²) in [5.74, 6) is 0.246. The van der Waals surface area contributed by atoms with Crippen LogP contribution in [-0.2, 0) is 0 Å². The molecule has 0 unspecified atom stereocenters. The number of aromatic nitrogens is 2. The van der Waals surface area contributed by atoms with Gasteiger partial charge in [0.15, 0.2) is 0 Å². The lowest BCUT2D eigenvalue weighted by Crippen LogP contribution is -2.42. The lowest BCUT2D eigenvalue weighted by atomic mass is 9.78. The van der Waals surface area contributed by atoms with Crippen molar-refractivity contribution >= 4 is 17.5 Å². The molecule has 7 heteroatoms. The fourth-order valence-corrected chi connectivity index (χ4v) is 1.73. The van der Waals surface area contributed by atoms with E-state index in [2.05, 4.69) is 15.3 Å². The first-order valence-electron chi connectivity index (χ1n) is 5.05. The van der Waals surface area contributed by atoms with Crippen LogP contribution in [-0.4, -0.2) is 20.4 Å². The normalized spacial score (nSPS) is 17.6. The van der Waals surface area contributed by atoms with E-state index >= 15 is 0 Å². The minimum atomic E-state index is -0.510. The van der Waals surface area contributed by atoms with Crippen molar-refractivity contribution in [2.45, 2.75) is 31.7 Å². The zero-order valence-electron chi connectivity index (χ0n) is 8.93. The van der Waals surface area contributed by atoms with Crippen molar-refractivity contribution in [2.75, 3.05) is 11.1 Å². The number of nitrogens with zero attached hydrogens (tertiary/aromatic N) is 3.